The van der Waals surface area contributed by atoms with Crippen molar-refractivity contribution in [3.05, 3.63) is 0 Å². The number of halogens is 6. The van der Waals surface area contributed by atoms with E-state index in [1.165, 1.54) is 0 Å². The molecule has 11 heavy (non-hydrogen) atoms. The Morgan fingerprint density at radius 1 is 0.909 bits per heavy atom. The maximum atomic E-state index is 11.9. The van der Waals surface area contributed by atoms with E-state index in [1.807, 2.05) is 0 Å². The van der Waals surface area contributed by atoms with Gasteiger partial charge in [0, 0.05) is 0 Å². The summed E-state index contributed by atoms with van der Waals surface area (Å²) in [5, 5.41) is 0. The average Bonchev–Trinajstić information content (AvgIpc) is 1.93. The molecule has 0 aromatic heterocycles. The smallest absolute Gasteiger partial charge is 0.309 e. The second-order valence-corrected chi connectivity index (χ2v) is 2.08. The van der Waals surface area contributed by atoms with Crippen molar-refractivity contribution in [1.29, 1.82) is 0 Å². The van der Waals surface area contributed by atoms with Crippen LogP contribution in [0, 0.1) is 0 Å². The van der Waals surface area contributed by atoms with Crippen LogP contribution in [0.3, 0.4) is 0 Å². The first-order valence-electron chi connectivity index (χ1n) is 2.48. The zero-order valence-electron chi connectivity index (χ0n) is 4.88. The molecule has 7 heteroatoms. The summed E-state index contributed by atoms with van der Waals surface area (Å²) in [7, 11) is 0. The Balaban J connectivity index is 3.00. The summed E-state index contributed by atoms with van der Waals surface area (Å²) in [6.07, 6.45) is -5.06. The minimum atomic E-state index is -5.40. The van der Waals surface area contributed by atoms with Crippen LogP contribution >= 0.6 is 0 Å². The first kappa shape index (κ1) is 8.63. The van der Waals surface area contributed by atoms with Crippen LogP contribution in [-0.4, -0.2) is 24.6 Å². The fourth-order valence-electron chi connectivity index (χ4n) is 0.575. The van der Waals surface area contributed by atoms with E-state index in [0.29, 0.717) is 0 Å². The van der Waals surface area contributed by atoms with Crippen molar-refractivity contribution >= 4 is 0 Å². The zero-order chi connectivity index (χ0) is 8.91. The summed E-state index contributed by atoms with van der Waals surface area (Å²) >= 11 is 0. The quantitative estimate of drug-likeness (QED) is 0.517. The van der Waals surface area contributed by atoms with Crippen molar-refractivity contribution < 1.29 is 31.1 Å². The van der Waals surface area contributed by atoms with Crippen LogP contribution in [0.5, 0.6) is 0 Å². The lowest BCUT2D eigenvalue weighted by atomic mass is 10.2. The van der Waals surface area contributed by atoms with Gasteiger partial charge in [-0.1, -0.05) is 0 Å². The highest BCUT2D eigenvalue weighted by atomic mass is 19.4. The summed E-state index contributed by atoms with van der Waals surface area (Å²) in [5.74, 6) is -10.2. The average molecular weight is 180 g/mol. The molecule has 1 nitrogen and oxygen atoms in total. The summed E-state index contributed by atoms with van der Waals surface area (Å²) in [6, 6.07) is 0. The van der Waals surface area contributed by atoms with Gasteiger partial charge in [-0.15, -0.1) is 0 Å². The Kier molecular flexibility index (Phi) is 1.43. The Labute approximate surface area is 56.9 Å². The number of alkyl halides is 6. The van der Waals surface area contributed by atoms with Crippen molar-refractivity contribution in [3.8, 4) is 0 Å². The van der Waals surface area contributed by atoms with Crippen LogP contribution in [0.4, 0.5) is 26.3 Å². The lowest BCUT2D eigenvalue weighted by molar-refractivity contribution is -0.325. The third-order valence-corrected chi connectivity index (χ3v) is 1.26. The van der Waals surface area contributed by atoms with Gasteiger partial charge >= 0.3 is 18.0 Å². The van der Waals surface area contributed by atoms with E-state index in [9.17, 15) is 26.3 Å². The molecule has 66 valence electrons. The second kappa shape index (κ2) is 1.82. The van der Waals surface area contributed by atoms with Crippen LogP contribution in [0.15, 0.2) is 0 Å². The fourth-order valence-corrected chi connectivity index (χ4v) is 0.575. The van der Waals surface area contributed by atoms with Gasteiger partial charge in [0.05, 0.1) is 0 Å². The molecule has 0 spiro atoms. The first-order valence-corrected chi connectivity index (χ1v) is 2.48. The van der Waals surface area contributed by atoms with Crippen molar-refractivity contribution in [2.24, 2.45) is 0 Å². The number of hydrogen-bond donors (Lipinski definition) is 0. The molecule has 0 radical (unpaired) electrons. The lowest BCUT2D eigenvalue weighted by Gasteiger charge is -2.19. The second-order valence-electron chi connectivity index (χ2n) is 2.08. The molecule has 0 aliphatic carbocycles. The van der Waals surface area contributed by atoms with Gasteiger partial charge in [-0.05, 0) is 0 Å². The van der Waals surface area contributed by atoms with Gasteiger partial charge in [0.25, 0.3) is 0 Å². The lowest BCUT2D eigenvalue weighted by Crippen LogP contribution is -2.47. The normalized spacial score (nSPS) is 32.2. The Morgan fingerprint density at radius 3 is 1.45 bits per heavy atom. The molecule has 0 aromatic rings. The molecule has 0 unspecified atom stereocenters. The van der Waals surface area contributed by atoms with E-state index in [0.717, 1.165) is 0 Å². The van der Waals surface area contributed by atoms with E-state index in [4.69, 9.17) is 0 Å². The van der Waals surface area contributed by atoms with Crippen LogP contribution in [-0.2, 0) is 4.74 Å². The molecule has 1 aliphatic rings. The highest BCUT2D eigenvalue weighted by molar-refractivity contribution is 4.97. The molecule has 1 rings (SSSR count). The standard InChI is InChI=1S/C4H2F6O/c5-2(6)1-11-4(9,10)3(2,7)8/h1H2. The maximum Gasteiger partial charge on any atom is 0.426 e. The maximum absolute atomic E-state index is 11.9. The number of rotatable bonds is 0. The van der Waals surface area contributed by atoms with Crippen molar-refractivity contribution in [1.82, 2.24) is 0 Å². The summed E-state index contributed by atoms with van der Waals surface area (Å²) < 4.78 is 73.9. The summed E-state index contributed by atoms with van der Waals surface area (Å²) in [6.45, 7) is -1.95. The van der Waals surface area contributed by atoms with Gasteiger partial charge in [-0.3, -0.25) is 0 Å². The molecular formula is C4H2F6O. The van der Waals surface area contributed by atoms with Gasteiger partial charge in [0.1, 0.15) is 6.61 Å². The number of ether oxygens (including phenoxy) is 1. The van der Waals surface area contributed by atoms with Gasteiger partial charge in [0.15, 0.2) is 0 Å². The van der Waals surface area contributed by atoms with Crippen molar-refractivity contribution in [2.45, 2.75) is 18.0 Å². The van der Waals surface area contributed by atoms with Gasteiger partial charge in [-0.2, -0.15) is 26.3 Å². The van der Waals surface area contributed by atoms with E-state index >= 15 is 0 Å². The highest BCUT2D eigenvalue weighted by Gasteiger charge is 2.78. The molecule has 1 aliphatic heterocycles. The molecule has 0 aromatic carbocycles. The van der Waals surface area contributed by atoms with Gasteiger partial charge in [-0.25, -0.2) is 0 Å². The molecule has 0 amide bonds. The van der Waals surface area contributed by atoms with Gasteiger partial charge in [0.2, 0.25) is 0 Å². The van der Waals surface area contributed by atoms with E-state index in [-0.39, 0.29) is 0 Å². The van der Waals surface area contributed by atoms with Crippen LogP contribution in [0.1, 0.15) is 0 Å². The fraction of sp³-hybridized carbons (Fsp3) is 1.00. The molecule has 1 saturated heterocycles. The van der Waals surface area contributed by atoms with Crippen LogP contribution in [0.25, 0.3) is 0 Å². The van der Waals surface area contributed by atoms with Crippen LogP contribution < -0.4 is 0 Å². The summed E-state index contributed by atoms with van der Waals surface area (Å²) in [4.78, 5) is 0. The van der Waals surface area contributed by atoms with Crippen molar-refractivity contribution in [3.63, 3.8) is 0 Å². The van der Waals surface area contributed by atoms with Crippen molar-refractivity contribution in [2.75, 3.05) is 6.61 Å². The highest BCUT2D eigenvalue weighted by Crippen LogP contribution is 2.51. The predicted octanol–water partition coefficient (Wildman–Crippen LogP) is 1.88. The summed E-state index contributed by atoms with van der Waals surface area (Å²) in [5.41, 5.74) is 0. The number of hydrogen-bond acceptors (Lipinski definition) is 1. The van der Waals surface area contributed by atoms with E-state index < -0.39 is 24.6 Å². The SMILES string of the molecule is FC1(F)COC(F)(F)C1(F)F. The Hall–Kier alpha value is -0.460. The predicted molar refractivity (Wildman–Crippen MR) is 20.8 cm³/mol. The Morgan fingerprint density at radius 2 is 1.36 bits per heavy atom. The van der Waals surface area contributed by atoms with E-state index in [2.05, 4.69) is 4.74 Å². The van der Waals surface area contributed by atoms with E-state index in [1.54, 1.807) is 0 Å². The molecular weight excluding hydrogens is 178 g/mol. The first-order chi connectivity index (χ1) is 4.71. The Bertz CT molecular complexity index is 157. The largest absolute Gasteiger partial charge is 0.426 e. The third kappa shape index (κ3) is 0.901. The molecule has 1 fully saturated rings. The molecule has 0 atom stereocenters. The molecule has 0 saturated carbocycles. The van der Waals surface area contributed by atoms with Gasteiger partial charge < -0.3 is 4.74 Å². The molecule has 0 bridgehead atoms. The minimum Gasteiger partial charge on any atom is -0.309 e. The molecule has 1 heterocycles. The monoisotopic (exact) mass is 180 g/mol. The minimum absolute atomic E-state index is 1.95. The topological polar surface area (TPSA) is 9.23 Å². The zero-order valence-corrected chi connectivity index (χ0v) is 4.88. The third-order valence-electron chi connectivity index (χ3n) is 1.26. The van der Waals surface area contributed by atoms with Crippen LogP contribution in [0.2, 0.25) is 0 Å². The molecule has 0 N–H and O–H groups in total.